The van der Waals surface area contributed by atoms with Gasteiger partial charge in [0.05, 0.1) is 26.9 Å². The highest BCUT2D eigenvalue weighted by molar-refractivity contribution is 9.09. The minimum Gasteiger partial charge on any atom is -0.241 e. The van der Waals surface area contributed by atoms with Crippen LogP contribution in [0.25, 0.3) is 10.2 Å². The molecule has 2 rings (SSSR count). The summed E-state index contributed by atoms with van der Waals surface area (Å²) in [5.41, 5.74) is 1.61. The van der Waals surface area contributed by atoms with E-state index in [-0.39, 0.29) is 0 Å². The zero-order valence-electron chi connectivity index (χ0n) is 7.33. The van der Waals surface area contributed by atoms with E-state index in [4.69, 9.17) is 5.26 Å². The van der Waals surface area contributed by atoms with Crippen molar-refractivity contribution in [2.75, 3.05) is 5.33 Å². The van der Waals surface area contributed by atoms with Crippen LogP contribution in [0.2, 0.25) is 0 Å². The summed E-state index contributed by atoms with van der Waals surface area (Å²) in [5, 5.41) is 10.8. The predicted molar refractivity (Wildman–Crippen MR) is 61.8 cm³/mol. The van der Waals surface area contributed by atoms with E-state index in [0.717, 1.165) is 27.0 Å². The van der Waals surface area contributed by atoms with Gasteiger partial charge in [-0.25, -0.2) is 4.98 Å². The molecule has 0 radical (unpaired) electrons. The Labute approximate surface area is 94.3 Å². The number of hydrogen-bond acceptors (Lipinski definition) is 3. The van der Waals surface area contributed by atoms with E-state index in [1.807, 2.05) is 18.2 Å². The van der Waals surface area contributed by atoms with Gasteiger partial charge in [-0.1, -0.05) is 15.9 Å². The van der Waals surface area contributed by atoms with Crippen LogP contribution in [-0.4, -0.2) is 10.3 Å². The number of halogens is 1. The molecule has 2 nitrogen and oxygen atoms in total. The lowest BCUT2D eigenvalue weighted by molar-refractivity contribution is 1.13. The van der Waals surface area contributed by atoms with Crippen LogP contribution in [0, 0.1) is 11.3 Å². The van der Waals surface area contributed by atoms with E-state index >= 15 is 0 Å². The molecule has 0 atom stereocenters. The largest absolute Gasteiger partial charge is 0.241 e. The molecular formula is C10H7BrN2S. The Morgan fingerprint density at radius 2 is 2.36 bits per heavy atom. The van der Waals surface area contributed by atoms with Gasteiger partial charge < -0.3 is 0 Å². The van der Waals surface area contributed by atoms with Crippen molar-refractivity contribution in [3.63, 3.8) is 0 Å². The summed E-state index contributed by atoms with van der Waals surface area (Å²) in [6.07, 6.45) is 0.946. The Bertz CT molecular complexity index is 498. The highest BCUT2D eigenvalue weighted by atomic mass is 79.9. The number of rotatable bonds is 2. The van der Waals surface area contributed by atoms with Crippen LogP contribution in [0.3, 0.4) is 0 Å². The summed E-state index contributed by atoms with van der Waals surface area (Å²) in [4.78, 5) is 4.45. The van der Waals surface area contributed by atoms with Crippen LogP contribution >= 0.6 is 27.3 Å². The van der Waals surface area contributed by atoms with Crippen molar-refractivity contribution in [3.8, 4) is 6.07 Å². The standard InChI is InChI=1S/C10H7BrN2S/c11-4-3-10-13-8-5-7(6-12)1-2-9(8)14-10/h1-2,5H,3-4H2. The van der Waals surface area contributed by atoms with Crippen molar-refractivity contribution in [3.05, 3.63) is 28.8 Å². The summed E-state index contributed by atoms with van der Waals surface area (Å²) >= 11 is 5.08. The molecule has 0 aliphatic carbocycles. The molecule has 1 aromatic heterocycles. The molecule has 0 spiro atoms. The molecule has 70 valence electrons. The average molecular weight is 267 g/mol. The van der Waals surface area contributed by atoms with Gasteiger partial charge >= 0.3 is 0 Å². The van der Waals surface area contributed by atoms with Crippen LogP contribution in [0.4, 0.5) is 0 Å². The Morgan fingerprint density at radius 3 is 3.07 bits per heavy atom. The first-order valence-corrected chi connectivity index (χ1v) is 6.13. The minimum atomic E-state index is 0.674. The van der Waals surface area contributed by atoms with E-state index in [9.17, 15) is 0 Å². The quantitative estimate of drug-likeness (QED) is 0.784. The van der Waals surface area contributed by atoms with Crippen LogP contribution in [-0.2, 0) is 6.42 Å². The molecule has 0 N–H and O–H groups in total. The summed E-state index contributed by atoms with van der Waals surface area (Å²) in [6.45, 7) is 0. The second-order valence-electron chi connectivity index (χ2n) is 2.84. The number of fused-ring (bicyclic) bond motifs is 1. The lowest BCUT2D eigenvalue weighted by Gasteiger charge is -1.86. The molecule has 1 aromatic carbocycles. The number of thiazole rings is 1. The maximum atomic E-state index is 8.73. The van der Waals surface area contributed by atoms with Crippen molar-refractivity contribution >= 4 is 37.5 Å². The first-order chi connectivity index (χ1) is 6.83. The van der Waals surface area contributed by atoms with Crippen molar-refractivity contribution in [1.82, 2.24) is 4.98 Å². The molecule has 0 bridgehead atoms. The summed E-state index contributed by atoms with van der Waals surface area (Å²) in [5.74, 6) is 0. The zero-order chi connectivity index (χ0) is 9.97. The van der Waals surface area contributed by atoms with Gasteiger partial charge in [-0.15, -0.1) is 11.3 Å². The van der Waals surface area contributed by atoms with E-state index in [1.54, 1.807) is 11.3 Å². The molecule has 0 saturated heterocycles. The second kappa shape index (κ2) is 4.07. The molecule has 0 aliphatic rings. The van der Waals surface area contributed by atoms with Gasteiger partial charge in [-0.3, -0.25) is 0 Å². The minimum absolute atomic E-state index is 0.674. The zero-order valence-corrected chi connectivity index (χ0v) is 9.73. The monoisotopic (exact) mass is 266 g/mol. The summed E-state index contributed by atoms with van der Waals surface area (Å²) in [6, 6.07) is 7.75. The SMILES string of the molecule is N#Cc1ccc2sc(CCBr)nc2c1. The third kappa shape index (κ3) is 1.79. The van der Waals surface area contributed by atoms with Gasteiger partial charge in [0.25, 0.3) is 0 Å². The Hall–Kier alpha value is -0.920. The highest BCUT2D eigenvalue weighted by Crippen LogP contribution is 2.23. The Morgan fingerprint density at radius 1 is 1.50 bits per heavy atom. The fraction of sp³-hybridized carbons (Fsp3) is 0.200. The van der Waals surface area contributed by atoms with Crippen molar-refractivity contribution in [2.24, 2.45) is 0 Å². The Balaban J connectivity index is 2.50. The van der Waals surface area contributed by atoms with E-state index in [2.05, 4.69) is 27.0 Å². The highest BCUT2D eigenvalue weighted by Gasteiger charge is 2.03. The Kier molecular flexibility index (Phi) is 2.80. The summed E-state index contributed by atoms with van der Waals surface area (Å²) < 4.78 is 1.15. The third-order valence-electron chi connectivity index (χ3n) is 1.87. The van der Waals surface area contributed by atoms with Gasteiger partial charge in [0.15, 0.2) is 0 Å². The van der Waals surface area contributed by atoms with E-state index in [0.29, 0.717) is 5.56 Å². The normalized spacial score (nSPS) is 10.3. The molecule has 2 aromatic rings. The number of aryl methyl sites for hydroxylation is 1. The van der Waals surface area contributed by atoms with Crippen LogP contribution in [0.1, 0.15) is 10.6 Å². The van der Waals surface area contributed by atoms with Crippen LogP contribution < -0.4 is 0 Å². The lowest BCUT2D eigenvalue weighted by atomic mass is 10.2. The van der Waals surface area contributed by atoms with E-state index < -0.39 is 0 Å². The first kappa shape index (κ1) is 9.63. The van der Waals surface area contributed by atoms with E-state index in [1.165, 1.54) is 0 Å². The smallest absolute Gasteiger partial charge is 0.0992 e. The van der Waals surface area contributed by atoms with Crippen LogP contribution in [0.15, 0.2) is 18.2 Å². The van der Waals surface area contributed by atoms with Gasteiger partial charge in [-0.05, 0) is 18.2 Å². The molecule has 0 amide bonds. The molecule has 0 saturated carbocycles. The van der Waals surface area contributed by atoms with Gasteiger partial charge in [0.2, 0.25) is 0 Å². The molecule has 0 fully saturated rings. The number of nitriles is 1. The number of benzene rings is 1. The van der Waals surface area contributed by atoms with Crippen LogP contribution in [0.5, 0.6) is 0 Å². The fourth-order valence-corrected chi connectivity index (χ4v) is 2.82. The molecule has 4 heteroatoms. The van der Waals surface area contributed by atoms with Crippen molar-refractivity contribution in [1.29, 1.82) is 5.26 Å². The van der Waals surface area contributed by atoms with Gasteiger partial charge in [0, 0.05) is 11.8 Å². The molecule has 0 unspecified atom stereocenters. The molecule has 14 heavy (non-hydrogen) atoms. The van der Waals surface area contributed by atoms with Crippen molar-refractivity contribution in [2.45, 2.75) is 6.42 Å². The topological polar surface area (TPSA) is 36.7 Å². The second-order valence-corrected chi connectivity index (χ2v) is 4.75. The number of alkyl halides is 1. The number of aromatic nitrogens is 1. The average Bonchev–Trinajstić information content (AvgIpc) is 2.59. The maximum Gasteiger partial charge on any atom is 0.0992 e. The van der Waals surface area contributed by atoms with Crippen molar-refractivity contribution < 1.29 is 0 Å². The fourth-order valence-electron chi connectivity index (χ4n) is 1.23. The third-order valence-corrected chi connectivity index (χ3v) is 3.36. The van der Waals surface area contributed by atoms with Gasteiger partial charge in [-0.2, -0.15) is 5.26 Å². The molecule has 1 heterocycles. The number of nitrogens with zero attached hydrogens (tertiary/aromatic N) is 2. The predicted octanol–water partition coefficient (Wildman–Crippen LogP) is 3.11. The van der Waals surface area contributed by atoms with Gasteiger partial charge in [0.1, 0.15) is 0 Å². The molecule has 0 aliphatic heterocycles. The number of hydrogen-bond donors (Lipinski definition) is 0. The maximum absolute atomic E-state index is 8.73. The lowest BCUT2D eigenvalue weighted by Crippen LogP contribution is -1.82. The molecular weight excluding hydrogens is 260 g/mol. The summed E-state index contributed by atoms with van der Waals surface area (Å²) in [7, 11) is 0. The first-order valence-electron chi connectivity index (χ1n) is 4.19.